The van der Waals surface area contributed by atoms with Crippen molar-refractivity contribution in [3.8, 4) is 0 Å². The van der Waals surface area contributed by atoms with Gasteiger partial charge >= 0.3 is 5.97 Å². The number of esters is 1. The average Bonchev–Trinajstić information content (AvgIpc) is 3.45. The number of carbonyl (C=O) groups excluding carboxylic acids is 3. The van der Waals surface area contributed by atoms with Crippen molar-refractivity contribution in [2.45, 2.75) is 90.7 Å². The normalized spacial score (nSPS) is 36.6. The van der Waals surface area contributed by atoms with Gasteiger partial charge in [-0.3, -0.25) is 14.4 Å². The van der Waals surface area contributed by atoms with Gasteiger partial charge in [-0.05, 0) is 85.6 Å². The number of hydrogen-bond acceptors (Lipinski definition) is 5. The van der Waals surface area contributed by atoms with E-state index in [9.17, 15) is 14.4 Å². The number of fused-ring (bicyclic) bond motifs is 5. The van der Waals surface area contributed by atoms with Crippen molar-refractivity contribution in [1.29, 1.82) is 0 Å². The van der Waals surface area contributed by atoms with Gasteiger partial charge in [-0.2, -0.15) is 0 Å². The first-order valence-electron chi connectivity index (χ1n) is 13.0. The number of amides is 1. The number of allylic oxidation sites excluding steroid dienone is 1. The van der Waals surface area contributed by atoms with Gasteiger partial charge in [0, 0.05) is 23.1 Å². The average molecular weight is 484 g/mol. The highest BCUT2D eigenvalue weighted by Gasteiger charge is 2.59. The van der Waals surface area contributed by atoms with Crippen LogP contribution in [0, 0.1) is 28.6 Å². The van der Waals surface area contributed by atoms with Crippen molar-refractivity contribution in [2.75, 3.05) is 0 Å². The van der Waals surface area contributed by atoms with Gasteiger partial charge in [-0.25, -0.2) is 0 Å². The summed E-state index contributed by atoms with van der Waals surface area (Å²) >= 11 is 1.61. The monoisotopic (exact) mass is 483 g/mol. The Bertz CT molecular complexity index is 985. The lowest BCUT2D eigenvalue weighted by molar-refractivity contribution is -0.160. The van der Waals surface area contributed by atoms with Crippen molar-refractivity contribution in [3.05, 3.63) is 34.0 Å². The highest BCUT2D eigenvalue weighted by Crippen LogP contribution is 2.65. The summed E-state index contributed by atoms with van der Waals surface area (Å²) in [5.41, 5.74) is 1.59. The molecule has 3 saturated carbocycles. The second kappa shape index (κ2) is 9.25. The van der Waals surface area contributed by atoms with E-state index in [1.54, 1.807) is 11.3 Å². The van der Waals surface area contributed by atoms with Crippen molar-refractivity contribution in [1.82, 2.24) is 5.32 Å². The highest BCUT2D eigenvalue weighted by atomic mass is 32.1. The maximum absolute atomic E-state index is 12.7. The van der Waals surface area contributed by atoms with Crippen LogP contribution in [0.15, 0.2) is 29.2 Å². The molecule has 3 fully saturated rings. The Morgan fingerprint density at radius 2 is 1.94 bits per heavy atom. The van der Waals surface area contributed by atoms with Crippen LogP contribution in [-0.2, 0) is 25.7 Å². The molecule has 1 aromatic heterocycles. The highest BCUT2D eigenvalue weighted by molar-refractivity contribution is 7.09. The summed E-state index contributed by atoms with van der Waals surface area (Å²) < 4.78 is 6.04. The number of ether oxygens (including phenoxy) is 1. The molecule has 0 aliphatic heterocycles. The van der Waals surface area contributed by atoms with Crippen LogP contribution in [0.25, 0.3) is 0 Å². The molecular formula is C28H37NO4S. The molecule has 5 rings (SSSR count). The molecule has 1 heterocycles. The van der Waals surface area contributed by atoms with Gasteiger partial charge in [0.15, 0.2) is 5.78 Å². The second-order valence-electron chi connectivity index (χ2n) is 11.4. The van der Waals surface area contributed by atoms with Crippen LogP contribution in [0.2, 0.25) is 0 Å². The lowest BCUT2D eigenvalue weighted by atomic mass is 9.47. The summed E-state index contributed by atoms with van der Waals surface area (Å²) in [6.07, 6.45) is 10.4. The number of thiophene rings is 1. The van der Waals surface area contributed by atoms with E-state index in [2.05, 4.69) is 19.2 Å². The van der Waals surface area contributed by atoms with Crippen LogP contribution in [0.3, 0.4) is 0 Å². The third-order valence-electron chi connectivity index (χ3n) is 9.74. The molecule has 0 bridgehead atoms. The van der Waals surface area contributed by atoms with E-state index >= 15 is 0 Å². The summed E-state index contributed by atoms with van der Waals surface area (Å²) in [7, 11) is 0. The summed E-state index contributed by atoms with van der Waals surface area (Å²) in [4.78, 5) is 38.0. The van der Waals surface area contributed by atoms with E-state index in [0.29, 0.717) is 36.5 Å². The van der Waals surface area contributed by atoms with Gasteiger partial charge in [0.25, 0.3) is 0 Å². The van der Waals surface area contributed by atoms with Crippen molar-refractivity contribution >= 4 is 29.0 Å². The minimum absolute atomic E-state index is 0.0281. The van der Waals surface area contributed by atoms with Gasteiger partial charge in [-0.15, -0.1) is 11.3 Å². The van der Waals surface area contributed by atoms with Crippen LogP contribution < -0.4 is 5.32 Å². The van der Waals surface area contributed by atoms with Gasteiger partial charge < -0.3 is 10.1 Å². The van der Waals surface area contributed by atoms with Crippen LogP contribution in [0.5, 0.6) is 0 Å². The molecule has 34 heavy (non-hydrogen) atoms. The predicted octanol–water partition coefficient (Wildman–Crippen LogP) is 5.59. The molecule has 184 valence electrons. The first-order chi connectivity index (χ1) is 16.3. The Hall–Kier alpha value is -1.95. The van der Waals surface area contributed by atoms with E-state index < -0.39 is 0 Å². The lowest BCUT2D eigenvalue weighted by Gasteiger charge is -2.57. The maximum atomic E-state index is 12.7. The summed E-state index contributed by atoms with van der Waals surface area (Å²) in [6.45, 7) is 5.26. The summed E-state index contributed by atoms with van der Waals surface area (Å²) in [5, 5.41) is 4.87. The zero-order valence-electron chi connectivity index (χ0n) is 20.4. The number of carbonyl (C=O) groups is 3. The Labute approximate surface area is 206 Å². The van der Waals surface area contributed by atoms with Gasteiger partial charge in [0.1, 0.15) is 6.10 Å². The van der Waals surface area contributed by atoms with Crippen molar-refractivity contribution in [3.63, 3.8) is 0 Å². The molecule has 0 spiro atoms. The maximum Gasteiger partial charge on any atom is 0.306 e. The largest absolute Gasteiger partial charge is 0.462 e. The summed E-state index contributed by atoms with van der Waals surface area (Å²) in [6, 6.07) is 3.95. The zero-order chi connectivity index (χ0) is 23.9. The number of rotatable bonds is 6. The molecule has 1 aromatic rings. The zero-order valence-corrected chi connectivity index (χ0v) is 21.3. The minimum Gasteiger partial charge on any atom is -0.462 e. The molecule has 0 aromatic carbocycles. The molecule has 4 aliphatic carbocycles. The third kappa shape index (κ3) is 4.27. The van der Waals surface area contributed by atoms with Crippen LogP contribution >= 0.6 is 11.3 Å². The Morgan fingerprint density at radius 1 is 1.09 bits per heavy atom. The van der Waals surface area contributed by atoms with E-state index in [-0.39, 0.29) is 41.7 Å². The molecule has 6 atom stereocenters. The second-order valence-corrected chi connectivity index (χ2v) is 12.5. The van der Waals surface area contributed by atoms with Crippen molar-refractivity contribution < 1.29 is 19.1 Å². The minimum atomic E-state index is -0.244. The molecule has 0 unspecified atom stereocenters. The predicted molar refractivity (Wildman–Crippen MR) is 132 cm³/mol. The van der Waals surface area contributed by atoms with E-state index in [4.69, 9.17) is 4.74 Å². The molecule has 0 saturated heterocycles. The molecule has 6 heteroatoms. The van der Waals surface area contributed by atoms with E-state index in [0.717, 1.165) is 49.8 Å². The number of nitrogens with one attached hydrogen (secondary N) is 1. The molecular weight excluding hydrogens is 446 g/mol. The number of hydrogen-bond donors (Lipinski definition) is 1. The fourth-order valence-corrected chi connectivity index (χ4v) is 8.47. The molecule has 0 radical (unpaired) electrons. The lowest BCUT2D eigenvalue weighted by Crippen LogP contribution is -2.51. The van der Waals surface area contributed by atoms with E-state index in [1.165, 1.54) is 5.57 Å². The molecule has 1 N–H and O–H groups in total. The first-order valence-corrected chi connectivity index (χ1v) is 13.9. The van der Waals surface area contributed by atoms with Gasteiger partial charge in [-0.1, -0.05) is 25.5 Å². The van der Waals surface area contributed by atoms with Gasteiger partial charge in [0.05, 0.1) is 13.0 Å². The SMILES string of the molecule is C[C@]12CC[C@H]3[C@@H](CCC4=CC(=O)CC[C@@]43C)[C@@H]1CC[C@@H]2OC(=O)CCC(=O)NCc1cccs1. The Morgan fingerprint density at radius 3 is 2.74 bits per heavy atom. The van der Waals surface area contributed by atoms with Crippen LogP contribution in [0.1, 0.15) is 82.9 Å². The van der Waals surface area contributed by atoms with E-state index in [1.807, 2.05) is 23.6 Å². The Balaban J connectivity index is 1.17. The van der Waals surface area contributed by atoms with Crippen molar-refractivity contribution in [2.24, 2.45) is 28.6 Å². The molecule has 5 nitrogen and oxygen atoms in total. The quantitative estimate of drug-likeness (QED) is 0.536. The Kier molecular flexibility index (Phi) is 6.47. The smallest absolute Gasteiger partial charge is 0.306 e. The number of ketones is 1. The van der Waals surface area contributed by atoms with Gasteiger partial charge in [0.2, 0.25) is 5.91 Å². The topological polar surface area (TPSA) is 72.5 Å². The fraction of sp³-hybridized carbons (Fsp3) is 0.679. The fourth-order valence-electron chi connectivity index (χ4n) is 7.83. The standard InChI is InChI=1S/C28H37NO4S/c1-27-13-11-19(30)16-18(27)5-6-21-22-7-8-24(28(22,2)14-12-23(21)27)33-26(32)10-9-25(31)29-17-20-4-3-15-34-20/h3-4,15-16,21-24H,5-14,17H2,1-2H3,(H,29,31)/t21-,22-,23-,24-,27-,28-/m0/s1. The van der Waals surface area contributed by atoms with Crippen LogP contribution in [0.4, 0.5) is 0 Å². The van der Waals surface area contributed by atoms with Crippen LogP contribution in [-0.4, -0.2) is 23.8 Å². The molecule has 4 aliphatic rings. The molecule has 1 amide bonds. The summed E-state index contributed by atoms with van der Waals surface area (Å²) in [5.74, 6) is 1.83. The first kappa shape index (κ1) is 23.8. The third-order valence-corrected chi connectivity index (χ3v) is 10.6.